The summed E-state index contributed by atoms with van der Waals surface area (Å²) in [6.07, 6.45) is 7.50. The Bertz CT molecular complexity index is 380. The van der Waals surface area contributed by atoms with E-state index in [-0.39, 0.29) is 39.3 Å². The minimum Gasteiger partial charge on any atom is -0.358 e. The monoisotopic (exact) mass is 437 g/mol. The molecule has 1 aliphatic carbocycles. The van der Waals surface area contributed by atoms with Crippen LogP contribution in [0.25, 0.3) is 0 Å². The Hall–Kier alpha value is -0.251. The molecule has 0 unspecified atom stereocenters. The van der Waals surface area contributed by atoms with E-state index >= 15 is 0 Å². The van der Waals surface area contributed by atoms with Gasteiger partial charge in [0.05, 0.1) is 0 Å². The first kappa shape index (κ1) is 35.8. The number of hydrogen-bond donors (Lipinski definition) is 0. The van der Waals surface area contributed by atoms with Crippen LogP contribution in [0.5, 0.6) is 0 Å². The molecule has 1 fully saturated rings. The van der Waals surface area contributed by atoms with E-state index in [2.05, 4.69) is 38.1 Å². The first-order chi connectivity index (χ1) is 9.25. The minimum absolute atomic E-state index is 0. The van der Waals surface area contributed by atoms with Gasteiger partial charge >= 0.3 is 50.1 Å². The normalized spacial score (nSPS) is 14.9. The molecule has 0 amide bonds. The van der Waals surface area contributed by atoms with Gasteiger partial charge in [0.2, 0.25) is 0 Å². The van der Waals surface area contributed by atoms with Crippen LogP contribution < -0.4 is 0 Å². The quantitative estimate of drug-likeness (QED) is 0.178. The maximum Gasteiger partial charge on any atom is 3.00 e. The van der Waals surface area contributed by atoms with Crippen LogP contribution in [0, 0.1) is 14.9 Å². The molecule has 1 aliphatic rings. The standard InChI is InChI=1S/C9H12.C5H10.CH4.2CH3.F6P.Fe/c1-8(2)9-6-4-3-5-7-9;1-2-4-5-3-1;;;;1-7(2,3,4,5)6;/h3-8H,1-2H3;1-5H2;1H4;2*1H3;;/q;;;3*-1;+3. The number of rotatable bonds is 1. The van der Waals surface area contributed by atoms with Crippen LogP contribution in [0.15, 0.2) is 30.3 Å². The Morgan fingerprint density at radius 3 is 1.12 bits per heavy atom. The third kappa shape index (κ3) is 40.0. The van der Waals surface area contributed by atoms with Gasteiger partial charge < -0.3 is 14.9 Å². The average Bonchev–Trinajstić information content (AvgIpc) is 2.84. The van der Waals surface area contributed by atoms with Crippen LogP contribution in [0.3, 0.4) is 0 Å². The van der Waals surface area contributed by atoms with E-state index in [0.717, 1.165) is 0 Å². The van der Waals surface area contributed by atoms with Crippen molar-refractivity contribution >= 4 is 7.81 Å². The van der Waals surface area contributed by atoms with Crippen molar-refractivity contribution in [2.24, 2.45) is 0 Å². The number of hydrogen-bond acceptors (Lipinski definition) is 0. The summed E-state index contributed by atoms with van der Waals surface area (Å²) in [7, 11) is -10.7. The summed E-state index contributed by atoms with van der Waals surface area (Å²) >= 11 is 0. The topological polar surface area (TPSA) is 0 Å². The molecule has 0 aliphatic heterocycles. The summed E-state index contributed by atoms with van der Waals surface area (Å²) in [4.78, 5) is 0. The molecule has 2 rings (SSSR count). The molecule has 8 heteroatoms. The first-order valence-electron chi connectivity index (χ1n) is 6.87. The summed E-state index contributed by atoms with van der Waals surface area (Å²) in [6.45, 7) is 4.41. The molecule has 0 spiro atoms. The molecule has 0 bridgehead atoms. The second-order valence-electron chi connectivity index (χ2n) is 5.29. The van der Waals surface area contributed by atoms with Gasteiger partial charge in [-0.3, -0.25) is 0 Å². The predicted molar refractivity (Wildman–Crippen MR) is 96.7 cm³/mol. The third-order valence-corrected chi connectivity index (χ3v) is 2.72. The summed E-state index contributed by atoms with van der Waals surface area (Å²) in [5.41, 5.74) is 1.41. The van der Waals surface area contributed by atoms with E-state index in [0.29, 0.717) is 5.92 Å². The Morgan fingerprint density at radius 2 is 0.960 bits per heavy atom. The average molecular weight is 437 g/mol. The Balaban J connectivity index is -0.0000000764. The second-order valence-corrected chi connectivity index (χ2v) is 7.21. The van der Waals surface area contributed by atoms with Gasteiger partial charge in [0.15, 0.2) is 0 Å². The van der Waals surface area contributed by atoms with Crippen molar-refractivity contribution in [2.45, 2.75) is 59.3 Å². The molecule has 25 heavy (non-hydrogen) atoms. The molecule has 1 radical (unpaired) electrons. The van der Waals surface area contributed by atoms with Crippen LogP contribution in [0.2, 0.25) is 0 Å². The van der Waals surface area contributed by atoms with Gasteiger partial charge in [0.1, 0.15) is 0 Å². The van der Waals surface area contributed by atoms with Gasteiger partial charge in [-0.25, -0.2) is 0 Å². The van der Waals surface area contributed by atoms with Crippen molar-refractivity contribution in [1.82, 2.24) is 0 Å². The van der Waals surface area contributed by atoms with Crippen molar-refractivity contribution < 1.29 is 42.3 Å². The summed E-state index contributed by atoms with van der Waals surface area (Å²) < 4.78 is 59.2. The smallest absolute Gasteiger partial charge is 0.358 e. The SMILES string of the molecule is C.C1CCCC1.CC(C)c1ccccc1.F[P-](F)(F)(F)(F)F.[CH3-].[CH3-].[Fe+3]. The van der Waals surface area contributed by atoms with Crippen LogP contribution in [-0.2, 0) is 17.1 Å². The van der Waals surface area contributed by atoms with Crippen molar-refractivity contribution in [3.05, 3.63) is 50.7 Å². The van der Waals surface area contributed by atoms with Gasteiger partial charge in [-0.05, 0) is 11.5 Å². The number of benzene rings is 1. The maximum absolute atomic E-state index is 10.7. The minimum atomic E-state index is -10.7. The van der Waals surface area contributed by atoms with Crippen molar-refractivity contribution in [3.8, 4) is 0 Å². The molecule has 0 heterocycles. The van der Waals surface area contributed by atoms with E-state index in [1.54, 1.807) is 0 Å². The zero-order chi connectivity index (χ0) is 16.6. The Labute approximate surface area is 160 Å². The van der Waals surface area contributed by atoms with E-state index in [1.807, 2.05) is 6.07 Å². The second kappa shape index (κ2) is 13.0. The van der Waals surface area contributed by atoms with Crippen molar-refractivity contribution in [3.63, 3.8) is 0 Å². The van der Waals surface area contributed by atoms with Gasteiger partial charge in [0.25, 0.3) is 0 Å². The van der Waals surface area contributed by atoms with Gasteiger partial charge in [0, 0.05) is 0 Å². The van der Waals surface area contributed by atoms with Gasteiger partial charge in [-0.2, -0.15) is 0 Å². The van der Waals surface area contributed by atoms with Crippen LogP contribution >= 0.6 is 7.81 Å². The molecule has 0 nitrogen and oxygen atoms in total. The van der Waals surface area contributed by atoms with E-state index in [9.17, 15) is 25.2 Å². The van der Waals surface area contributed by atoms with Crippen LogP contribution in [0.1, 0.15) is 64.9 Å². The van der Waals surface area contributed by atoms with Crippen LogP contribution in [0.4, 0.5) is 25.2 Å². The summed E-state index contributed by atoms with van der Waals surface area (Å²) in [5, 5.41) is 0. The molecule has 0 atom stereocenters. The Morgan fingerprint density at radius 1 is 0.720 bits per heavy atom. The molecule has 1 saturated carbocycles. The zero-order valence-corrected chi connectivity index (χ0v) is 16.6. The van der Waals surface area contributed by atoms with Crippen molar-refractivity contribution in [1.29, 1.82) is 0 Å². The largest absolute Gasteiger partial charge is 3.00 e. The fraction of sp³-hybridized carbons (Fsp3) is 0.529. The summed E-state index contributed by atoms with van der Waals surface area (Å²) in [5.74, 6) is 0.659. The fourth-order valence-corrected chi connectivity index (χ4v) is 1.72. The molecular formula is C17H32F6FeP. The van der Waals surface area contributed by atoms with E-state index in [4.69, 9.17) is 0 Å². The molecule has 1 aromatic rings. The summed E-state index contributed by atoms with van der Waals surface area (Å²) in [6, 6.07) is 10.5. The molecular weight excluding hydrogens is 405 g/mol. The molecule has 0 N–H and O–H groups in total. The first-order valence-corrected chi connectivity index (χ1v) is 8.90. The van der Waals surface area contributed by atoms with Gasteiger partial charge in [-0.1, -0.05) is 83.7 Å². The molecule has 0 aromatic heterocycles. The molecule has 155 valence electrons. The molecule has 0 saturated heterocycles. The third-order valence-electron chi connectivity index (χ3n) is 2.72. The molecule has 1 aromatic carbocycles. The Kier molecular flexibility index (Phi) is 18.6. The van der Waals surface area contributed by atoms with Crippen LogP contribution in [-0.4, -0.2) is 0 Å². The number of halogens is 6. The maximum atomic E-state index is 9.87. The zero-order valence-electron chi connectivity index (χ0n) is 14.6. The van der Waals surface area contributed by atoms with E-state index < -0.39 is 7.81 Å². The predicted octanol–water partition coefficient (Wildman–Crippen LogP) is 9.68. The van der Waals surface area contributed by atoms with Gasteiger partial charge in [-0.15, -0.1) is 0 Å². The van der Waals surface area contributed by atoms with Crippen molar-refractivity contribution in [2.75, 3.05) is 0 Å². The fourth-order valence-electron chi connectivity index (χ4n) is 1.72. The van der Waals surface area contributed by atoms with E-state index in [1.165, 1.54) is 37.7 Å².